The fraction of sp³-hybridized carbons (Fsp3) is 0.0667. The van der Waals surface area contributed by atoms with Crippen molar-refractivity contribution in [3.8, 4) is 11.5 Å². The molecule has 0 saturated heterocycles. The fourth-order valence-electron chi connectivity index (χ4n) is 4.69. The molecule has 5 aromatic carbocycles. The molecule has 154 valence electrons. The highest BCUT2D eigenvalue weighted by Gasteiger charge is 2.37. The Labute approximate surface area is 187 Å². The Hall–Kier alpha value is -4.04. The summed E-state index contributed by atoms with van der Waals surface area (Å²) in [5.41, 5.74) is 2.61. The van der Waals surface area contributed by atoms with Crippen molar-refractivity contribution < 1.29 is 9.47 Å². The van der Waals surface area contributed by atoms with E-state index in [1.165, 1.54) is 10.8 Å². The van der Waals surface area contributed by atoms with Gasteiger partial charge in [0.05, 0.1) is 7.11 Å². The van der Waals surface area contributed by atoms with Crippen molar-refractivity contribution in [2.45, 2.75) is 5.60 Å². The highest BCUT2D eigenvalue weighted by molar-refractivity contribution is 5.95. The molecule has 0 aromatic heterocycles. The van der Waals surface area contributed by atoms with Gasteiger partial charge in [-0.25, -0.2) is 0 Å². The lowest BCUT2D eigenvalue weighted by molar-refractivity contribution is 0.161. The highest BCUT2D eigenvalue weighted by atomic mass is 16.5. The molecule has 0 radical (unpaired) electrons. The smallest absolute Gasteiger partial charge is 0.178 e. The number of hydrogen-bond acceptors (Lipinski definition) is 2. The average Bonchev–Trinajstić information content (AvgIpc) is 2.88. The standard InChI is InChI=1S/C30H22O2/c1-31-26-14-15-27-23(20-26)12-16-29-28(27)17-18-30(32-29,24-9-3-2-4-10-24)25-13-11-21-7-5-6-8-22(21)19-25/h2-20H,1H3. The molecule has 1 atom stereocenters. The Morgan fingerprint density at radius 2 is 1.44 bits per heavy atom. The van der Waals surface area contributed by atoms with Crippen LogP contribution in [-0.4, -0.2) is 7.11 Å². The van der Waals surface area contributed by atoms with Crippen LogP contribution < -0.4 is 9.47 Å². The van der Waals surface area contributed by atoms with E-state index in [0.29, 0.717) is 0 Å². The first-order valence-corrected chi connectivity index (χ1v) is 10.8. The molecule has 32 heavy (non-hydrogen) atoms. The summed E-state index contributed by atoms with van der Waals surface area (Å²) in [5, 5.41) is 4.71. The van der Waals surface area contributed by atoms with Crippen LogP contribution >= 0.6 is 0 Å². The molecule has 0 N–H and O–H groups in total. The molecule has 5 aromatic rings. The van der Waals surface area contributed by atoms with Crippen molar-refractivity contribution in [2.24, 2.45) is 0 Å². The minimum Gasteiger partial charge on any atom is -0.497 e. The predicted molar refractivity (Wildman–Crippen MR) is 131 cm³/mol. The second kappa shape index (κ2) is 7.28. The Morgan fingerprint density at radius 3 is 2.28 bits per heavy atom. The third-order valence-corrected chi connectivity index (χ3v) is 6.37. The second-order valence-corrected chi connectivity index (χ2v) is 8.16. The molecule has 0 bridgehead atoms. The van der Waals surface area contributed by atoms with Crippen LogP contribution in [0.25, 0.3) is 27.6 Å². The predicted octanol–water partition coefficient (Wildman–Crippen LogP) is 7.35. The molecule has 0 aliphatic carbocycles. The van der Waals surface area contributed by atoms with Gasteiger partial charge in [0, 0.05) is 16.7 Å². The normalized spacial score (nSPS) is 17.2. The molecule has 1 aliphatic heterocycles. The molecule has 1 heterocycles. The van der Waals surface area contributed by atoms with Crippen LogP contribution in [0, 0.1) is 0 Å². The van der Waals surface area contributed by atoms with E-state index in [4.69, 9.17) is 9.47 Å². The van der Waals surface area contributed by atoms with Crippen molar-refractivity contribution in [3.63, 3.8) is 0 Å². The van der Waals surface area contributed by atoms with Crippen molar-refractivity contribution in [2.75, 3.05) is 7.11 Å². The lowest BCUT2D eigenvalue weighted by Crippen LogP contribution is -2.34. The van der Waals surface area contributed by atoms with Crippen LogP contribution in [0.5, 0.6) is 11.5 Å². The Kier molecular flexibility index (Phi) is 4.26. The molecular formula is C30H22O2. The molecule has 0 fully saturated rings. The van der Waals surface area contributed by atoms with Gasteiger partial charge in [0.2, 0.25) is 0 Å². The third kappa shape index (κ3) is 2.88. The van der Waals surface area contributed by atoms with Gasteiger partial charge in [-0.1, -0.05) is 72.8 Å². The maximum Gasteiger partial charge on any atom is 0.178 e. The first kappa shape index (κ1) is 18.7. The zero-order valence-corrected chi connectivity index (χ0v) is 17.8. The van der Waals surface area contributed by atoms with Crippen molar-refractivity contribution in [1.29, 1.82) is 0 Å². The summed E-state index contributed by atoms with van der Waals surface area (Å²) in [6, 6.07) is 35.8. The van der Waals surface area contributed by atoms with Gasteiger partial charge in [0.25, 0.3) is 0 Å². The first-order chi connectivity index (χ1) is 15.8. The van der Waals surface area contributed by atoms with E-state index >= 15 is 0 Å². The zero-order valence-electron chi connectivity index (χ0n) is 17.8. The fourth-order valence-corrected chi connectivity index (χ4v) is 4.69. The van der Waals surface area contributed by atoms with Crippen LogP contribution in [0.4, 0.5) is 0 Å². The molecule has 1 aliphatic rings. The summed E-state index contributed by atoms with van der Waals surface area (Å²) in [7, 11) is 1.69. The van der Waals surface area contributed by atoms with Gasteiger partial charge in [-0.05, 0) is 64.0 Å². The molecule has 2 nitrogen and oxygen atoms in total. The summed E-state index contributed by atoms with van der Waals surface area (Å²) in [6.45, 7) is 0. The molecule has 0 amide bonds. The van der Waals surface area contributed by atoms with E-state index in [9.17, 15) is 0 Å². The van der Waals surface area contributed by atoms with E-state index in [0.717, 1.165) is 39.0 Å². The van der Waals surface area contributed by atoms with E-state index in [1.807, 2.05) is 12.1 Å². The summed E-state index contributed by atoms with van der Waals surface area (Å²) in [6.07, 6.45) is 4.40. The van der Waals surface area contributed by atoms with E-state index < -0.39 is 5.60 Å². The van der Waals surface area contributed by atoms with Crippen LogP contribution in [-0.2, 0) is 5.60 Å². The third-order valence-electron chi connectivity index (χ3n) is 6.37. The summed E-state index contributed by atoms with van der Waals surface area (Å²) >= 11 is 0. The van der Waals surface area contributed by atoms with Crippen LogP contribution in [0.15, 0.2) is 109 Å². The van der Waals surface area contributed by atoms with Crippen LogP contribution in [0.2, 0.25) is 0 Å². The number of methoxy groups -OCH3 is 1. The average molecular weight is 415 g/mol. The van der Waals surface area contributed by atoms with Gasteiger partial charge in [0.1, 0.15) is 11.5 Å². The first-order valence-electron chi connectivity index (χ1n) is 10.8. The van der Waals surface area contributed by atoms with Crippen molar-refractivity contribution in [3.05, 3.63) is 126 Å². The molecule has 2 heteroatoms. The maximum atomic E-state index is 6.89. The van der Waals surface area contributed by atoms with Crippen molar-refractivity contribution >= 4 is 27.6 Å². The van der Waals surface area contributed by atoms with Gasteiger partial charge in [0.15, 0.2) is 5.60 Å². The number of hydrogen-bond donors (Lipinski definition) is 0. The SMILES string of the molecule is COc1ccc2c3c(ccc2c1)OC(c1ccccc1)(c1ccc2ccccc2c1)C=C3. The minimum atomic E-state index is -0.696. The van der Waals surface area contributed by atoms with Crippen LogP contribution in [0.1, 0.15) is 16.7 Å². The monoisotopic (exact) mass is 414 g/mol. The second-order valence-electron chi connectivity index (χ2n) is 8.16. The van der Waals surface area contributed by atoms with Gasteiger partial charge in [-0.2, -0.15) is 0 Å². The van der Waals surface area contributed by atoms with Gasteiger partial charge >= 0.3 is 0 Å². The Morgan fingerprint density at radius 1 is 0.656 bits per heavy atom. The summed E-state index contributed by atoms with van der Waals surface area (Å²) in [4.78, 5) is 0. The summed E-state index contributed by atoms with van der Waals surface area (Å²) < 4.78 is 12.3. The summed E-state index contributed by atoms with van der Waals surface area (Å²) in [5.74, 6) is 1.73. The zero-order chi connectivity index (χ0) is 21.5. The minimum absolute atomic E-state index is 0.696. The highest BCUT2D eigenvalue weighted by Crippen LogP contribution is 2.44. The van der Waals surface area contributed by atoms with Gasteiger partial charge < -0.3 is 9.47 Å². The van der Waals surface area contributed by atoms with E-state index in [-0.39, 0.29) is 0 Å². The molecular weight excluding hydrogens is 392 g/mol. The van der Waals surface area contributed by atoms with Crippen molar-refractivity contribution in [1.82, 2.24) is 0 Å². The number of ether oxygens (including phenoxy) is 2. The van der Waals surface area contributed by atoms with Gasteiger partial charge in [-0.3, -0.25) is 0 Å². The largest absolute Gasteiger partial charge is 0.497 e. The lowest BCUT2D eigenvalue weighted by atomic mass is 9.82. The number of rotatable bonds is 3. The number of fused-ring (bicyclic) bond motifs is 4. The Balaban J connectivity index is 1.56. The molecule has 0 saturated carbocycles. The lowest BCUT2D eigenvalue weighted by Gasteiger charge is -2.36. The Bertz CT molecular complexity index is 1480. The quantitative estimate of drug-likeness (QED) is 0.307. The van der Waals surface area contributed by atoms with Gasteiger partial charge in [-0.15, -0.1) is 0 Å². The topological polar surface area (TPSA) is 18.5 Å². The van der Waals surface area contributed by atoms with Crippen LogP contribution in [0.3, 0.4) is 0 Å². The van der Waals surface area contributed by atoms with E-state index in [2.05, 4.69) is 103 Å². The maximum absolute atomic E-state index is 6.89. The molecule has 0 spiro atoms. The molecule has 6 rings (SSSR count). The molecule has 1 unspecified atom stereocenters. The van der Waals surface area contributed by atoms with E-state index in [1.54, 1.807) is 7.11 Å². The number of benzene rings is 5.